The summed E-state index contributed by atoms with van der Waals surface area (Å²) in [7, 11) is -2.12. The van der Waals surface area contributed by atoms with Gasteiger partial charge in [0.25, 0.3) is 0 Å². The van der Waals surface area contributed by atoms with Crippen molar-refractivity contribution < 1.29 is 18.3 Å². The highest BCUT2D eigenvalue weighted by Crippen LogP contribution is 2.43. The Balaban J connectivity index is 1.89. The predicted molar refractivity (Wildman–Crippen MR) is 129 cm³/mol. The first-order valence-corrected chi connectivity index (χ1v) is 14.7. The number of ether oxygens (including phenoxy) is 2. The molecule has 0 unspecified atom stereocenters. The molecule has 5 atom stereocenters. The van der Waals surface area contributed by atoms with Crippen molar-refractivity contribution in [1.29, 1.82) is 0 Å². The van der Waals surface area contributed by atoms with Crippen LogP contribution >= 0.6 is 11.8 Å². The van der Waals surface area contributed by atoms with Crippen molar-refractivity contribution in [2.24, 2.45) is 0 Å². The van der Waals surface area contributed by atoms with Crippen LogP contribution in [0.2, 0.25) is 18.1 Å². The maximum Gasteiger partial charge on any atom is 0.214 e. The van der Waals surface area contributed by atoms with Crippen LogP contribution in [0.15, 0.2) is 65.6 Å². The molecule has 1 aliphatic heterocycles. The third kappa shape index (κ3) is 6.20. The molecule has 170 valence electrons. The van der Waals surface area contributed by atoms with Crippen molar-refractivity contribution >= 4 is 20.1 Å². The highest BCUT2D eigenvalue weighted by Gasteiger charge is 2.50. The summed E-state index contributed by atoms with van der Waals surface area (Å²) in [6.07, 6.45) is -2.59. The van der Waals surface area contributed by atoms with E-state index in [4.69, 9.17) is 13.9 Å². The van der Waals surface area contributed by atoms with Gasteiger partial charge in [-0.3, -0.25) is 0 Å². The van der Waals surface area contributed by atoms with E-state index >= 15 is 4.39 Å². The van der Waals surface area contributed by atoms with E-state index in [0.29, 0.717) is 6.61 Å². The summed E-state index contributed by atoms with van der Waals surface area (Å²) in [6, 6.07) is 19.9. The van der Waals surface area contributed by atoms with Crippen molar-refractivity contribution in [3.05, 3.63) is 66.2 Å². The minimum atomic E-state index is -2.12. The van der Waals surface area contributed by atoms with Crippen LogP contribution in [0.4, 0.5) is 4.39 Å². The molecule has 31 heavy (non-hydrogen) atoms. The molecule has 2 aromatic carbocycles. The standard InChI is InChI=1S/C25H35FO3SSi/c1-18-21(29-31(5,6)25(2,3)4)22(27-17-19-13-9-7-10-14-19)23(24(26)28-18)30-20-15-11-8-12-16-20/h7-16,18,21-24H,17H2,1-6H3/t18-,21-,22+,23-,24-/m1/s1. The Kier molecular flexibility index (Phi) is 8.03. The van der Waals surface area contributed by atoms with Gasteiger partial charge in [0.1, 0.15) is 6.10 Å². The first-order valence-electron chi connectivity index (χ1n) is 10.9. The van der Waals surface area contributed by atoms with Crippen LogP contribution in [0.25, 0.3) is 0 Å². The minimum Gasteiger partial charge on any atom is -0.409 e. The zero-order valence-electron chi connectivity index (χ0n) is 19.4. The topological polar surface area (TPSA) is 27.7 Å². The fourth-order valence-corrected chi connectivity index (χ4v) is 5.90. The quantitative estimate of drug-likeness (QED) is 0.421. The first kappa shape index (κ1) is 24.5. The minimum absolute atomic E-state index is 0.0331. The molecule has 0 bridgehead atoms. The van der Waals surface area contributed by atoms with Gasteiger partial charge in [-0.15, -0.1) is 11.8 Å². The van der Waals surface area contributed by atoms with Crippen LogP contribution in [-0.2, 0) is 20.5 Å². The molecule has 0 amide bonds. The average Bonchev–Trinajstić information content (AvgIpc) is 2.71. The van der Waals surface area contributed by atoms with Crippen LogP contribution in [0.3, 0.4) is 0 Å². The third-order valence-electron chi connectivity index (χ3n) is 6.25. The molecule has 0 radical (unpaired) electrons. The Morgan fingerprint density at radius 3 is 2.13 bits per heavy atom. The van der Waals surface area contributed by atoms with E-state index in [1.807, 2.05) is 67.6 Å². The van der Waals surface area contributed by atoms with Gasteiger partial charge in [0.2, 0.25) is 6.36 Å². The molecule has 1 heterocycles. The van der Waals surface area contributed by atoms with Crippen molar-refractivity contribution in [1.82, 2.24) is 0 Å². The van der Waals surface area contributed by atoms with Crippen LogP contribution < -0.4 is 0 Å². The lowest BCUT2D eigenvalue weighted by molar-refractivity contribution is -0.204. The van der Waals surface area contributed by atoms with Crippen molar-refractivity contribution in [2.75, 3.05) is 0 Å². The second kappa shape index (κ2) is 10.2. The van der Waals surface area contributed by atoms with E-state index in [1.54, 1.807) is 0 Å². The molecule has 2 aromatic rings. The smallest absolute Gasteiger partial charge is 0.214 e. The number of benzene rings is 2. The zero-order chi connectivity index (χ0) is 22.6. The number of halogens is 1. The van der Waals surface area contributed by atoms with E-state index in [9.17, 15) is 0 Å². The lowest BCUT2D eigenvalue weighted by atomic mass is 10.0. The van der Waals surface area contributed by atoms with Crippen LogP contribution in [0.1, 0.15) is 33.3 Å². The molecule has 3 nitrogen and oxygen atoms in total. The van der Waals surface area contributed by atoms with Crippen molar-refractivity contribution in [2.45, 2.75) is 87.2 Å². The lowest BCUT2D eigenvalue weighted by Crippen LogP contribution is -2.60. The van der Waals surface area contributed by atoms with E-state index in [1.165, 1.54) is 11.8 Å². The Bertz CT molecular complexity index is 813. The molecule has 1 fully saturated rings. The summed E-state index contributed by atoms with van der Waals surface area (Å²) in [6.45, 7) is 13.4. The molecule has 3 rings (SSSR count). The molecule has 0 aliphatic carbocycles. The summed E-state index contributed by atoms with van der Waals surface area (Å²) >= 11 is 1.47. The van der Waals surface area contributed by atoms with Crippen LogP contribution in [-0.4, -0.2) is 38.2 Å². The Labute approximate surface area is 191 Å². The highest BCUT2D eigenvalue weighted by atomic mass is 32.2. The third-order valence-corrected chi connectivity index (χ3v) is 12.0. The van der Waals surface area contributed by atoms with E-state index in [0.717, 1.165) is 10.5 Å². The number of hydrogen-bond acceptors (Lipinski definition) is 4. The summed E-state index contributed by atoms with van der Waals surface area (Å²) in [5, 5.41) is -0.484. The second-order valence-electron chi connectivity index (χ2n) is 9.69. The van der Waals surface area contributed by atoms with Gasteiger partial charge in [0.05, 0.1) is 24.1 Å². The van der Waals surface area contributed by atoms with E-state index in [2.05, 4.69) is 33.9 Å². The van der Waals surface area contributed by atoms with Crippen LogP contribution in [0, 0.1) is 0 Å². The van der Waals surface area contributed by atoms with E-state index in [-0.39, 0.29) is 11.1 Å². The summed E-state index contributed by atoms with van der Waals surface area (Å²) in [5.74, 6) is 0. The summed E-state index contributed by atoms with van der Waals surface area (Å²) in [5.41, 5.74) is 1.06. The van der Waals surface area contributed by atoms with Crippen LogP contribution in [0.5, 0.6) is 0 Å². The van der Waals surface area contributed by atoms with Gasteiger partial charge in [-0.05, 0) is 42.8 Å². The number of rotatable bonds is 7. The summed E-state index contributed by atoms with van der Waals surface area (Å²) in [4.78, 5) is 0.993. The van der Waals surface area contributed by atoms with Gasteiger partial charge in [0.15, 0.2) is 8.32 Å². The fraction of sp³-hybridized carbons (Fsp3) is 0.520. The number of alkyl halides is 1. The normalized spacial score (nSPS) is 27.3. The van der Waals surface area contributed by atoms with Crippen molar-refractivity contribution in [3.63, 3.8) is 0 Å². The van der Waals surface area contributed by atoms with Gasteiger partial charge >= 0.3 is 0 Å². The highest BCUT2D eigenvalue weighted by molar-refractivity contribution is 8.00. The zero-order valence-corrected chi connectivity index (χ0v) is 21.2. The molecule has 0 spiro atoms. The number of hydrogen-bond donors (Lipinski definition) is 0. The molecular formula is C25H35FO3SSi. The molecule has 1 saturated heterocycles. The monoisotopic (exact) mass is 462 g/mol. The molecular weight excluding hydrogens is 427 g/mol. The Morgan fingerprint density at radius 1 is 0.968 bits per heavy atom. The maximum absolute atomic E-state index is 15.2. The van der Waals surface area contributed by atoms with Gasteiger partial charge in [-0.25, -0.2) is 4.39 Å². The average molecular weight is 463 g/mol. The maximum atomic E-state index is 15.2. The number of thioether (sulfide) groups is 1. The molecule has 6 heteroatoms. The molecule has 0 aromatic heterocycles. The Hall–Kier alpha value is -1.18. The first-order chi connectivity index (χ1) is 14.6. The van der Waals surface area contributed by atoms with Crippen molar-refractivity contribution in [3.8, 4) is 0 Å². The second-order valence-corrected chi connectivity index (χ2v) is 15.7. The molecule has 1 aliphatic rings. The molecule has 0 saturated carbocycles. The van der Waals surface area contributed by atoms with Gasteiger partial charge in [-0.1, -0.05) is 69.3 Å². The molecule has 0 N–H and O–H groups in total. The largest absolute Gasteiger partial charge is 0.409 e. The SMILES string of the molecule is C[C@H]1O[C@@H](F)[C@H](Sc2ccccc2)[C@@H](OCc2ccccc2)[C@@H]1O[Si](C)(C)C(C)(C)C. The van der Waals surface area contributed by atoms with E-state index < -0.39 is 32.1 Å². The van der Waals surface area contributed by atoms with Gasteiger partial charge in [-0.2, -0.15) is 0 Å². The lowest BCUT2D eigenvalue weighted by Gasteiger charge is -2.48. The predicted octanol–water partition coefficient (Wildman–Crippen LogP) is 6.84. The van der Waals surface area contributed by atoms with Gasteiger partial charge < -0.3 is 13.9 Å². The van der Waals surface area contributed by atoms with Gasteiger partial charge in [0, 0.05) is 4.90 Å². The Morgan fingerprint density at radius 2 is 1.55 bits per heavy atom. The summed E-state index contributed by atoms with van der Waals surface area (Å²) < 4.78 is 34.2. The fourth-order valence-electron chi connectivity index (χ4n) is 3.38.